The molecule has 0 saturated carbocycles. The fourth-order valence-corrected chi connectivity index (χ4v) is 3.09. The van der Waals surface area contributed by atoms with Crippen molar-refractivity contribution >= 4 is 18.3 Å². The minimum atomic E-state index is -4.41. The van der Waals surface area contributed by atoms with E-state index in [0.717, 1.165) is 10.5 Å². The van der Waals surface area contributed by atoms with Crippen LogP contribution < -0.4 is 5.73 Å². The monoisotopic (exact) mass is 364 g/mol. The molecule has 1 fully saturated rings. The molecule has 1 heterocycles. The van der Waals surface area contributed by atoms with Crippen molar-refractivity contribution in [2.45, 2.75) is 56.8 Å². The van der Waals surface area contributed by atoms with Crippen LogP contribution in [0.15, 0.2) is 30.3 Å². The molecule has 2 N–H and O–H groups in total. The van der Waals surface area contributed by atoms with Gasteiger partial charge in [-0.3, -0.25) is 4.79 Å². The summed E-state index contributed by atoms with van der Waals surface area (Å²) >= 11 is 0. The van der Waals surface area contributed by atoms with E-state index in [2.05, 4.69) is 0 Å². The summed E-state index contributed by atoms with van der Waals surface area (Å²) in [6.45, 7) is 3.70. The van der Waals surface area contributed by atoms with Gasteiger partial charge in [0.1, 0.15) is 6.04 Å². The number of nitrogens with two attached hydrogens (primary N) is 1. The number of hydrogen-bond donors (Lipinski definition) is 1. The number of alkyl halides is 3. The first kappa shape index (κ1) is 20.8. The first-order valence-electron chi connectivity index (χ1n) is 7.78. The highest BCUT2D eigenvalue weighted by atomic mass is 35.5. The molecule has 7 heteroatoms. The lowest BCUT2D eigenvalue weighted by atomic mass is 9.80. The summed E-state index contributed by atoms with van der Waals surface area (Å²) in [6, 6.07) is 7.24. The predicted molar refractivity (Wildman–Crippen MR) is 90.1 cm³/mol. The third kappa shape index (κ3) is 4.86. The zero-order valence-corrected chi connectivity index (χ0v) is 14.7. The minimum Gasteiger partial charge on any atom is -0.329 e. The van der Waals surface area contributed by atoms with Crippen molar-refractivity contribution in [2.24, 2.45) is 5.73 Å². The minimum absolute atomic E-state index is 0. The van der Waals surface area contributed by atoms with E-state index in [-0.39, 0.29) is 38.2 Å². The van der Waals surface area contributed by atoms with Gasteiger partial charge in [0.15, 0.2) is 0 Å². The normalized spacial score (nSPS) is 22.0. The van der Waals surface area contributed by atoms with E-state index in [0.29, 0.717) is 0 Å². The third-order valence-electron chi connectivity index (χ3n) is 4.46. The maximum absolute atomic E-state index is 13.2. The van der Waals surface area contributed by atoms with Gasteiger partial charge in [-0.05, 0) is 23.8 Å². The standard InChI is InChI=1S/C17H23F3N2O.ClH/c1-16(2,12-6-4-3-5-7-12)10-15(23)22-11-13(21)8-9-14(22)17(18,19)20;/h3-7,13-14H,8-11,21H2,1-2H3;1H. The van der Waals surface area contributed by atoms with E-state index < -0.39 is 29.6 Å². The average Bonchev–Trinajstić information content (AvgIpc) is 2.46. The molecule has 1 saturated heterocycles. The molecular formula is C17H24ClF3N2O. The zero-order chi connectivity index (χ0) is 17.3. The molecule has 0 bridgehead atoms. The number of carbonyl (C=O) groups excluding carboxylic acids is 1. The zero-order valence-electron chi connectivity index (χ0n) is 13.8. The summed E-state index contributed by atoms with van der Waals surface area (Å²) in [6.07, 6.45) is -4.22. The van der Waals surface area contributed by atoms with Gasteiger partial charge in [-0.25, -0.2) is 0 Å². The summed E-state index contributed by atoms with van der Waals surface area (Å²) in [5.41, 5.74) is 6.18. The lowest BCUT2D eigenvalue weighted by Crippen LogP contribution is -2.57. The molecule has 1 amide bonds. The van der Waals surface area contributed by atoms with Crippen LogP contribution in [0.3, 0.4) is 0 Å². The number of likely N-dealkylation sites (tertiary alicyclic amines) is 1. The number of benzene rings is 1. The van der Waals surface area contributed by atoms with E-state index >= 15 is 0 Å². The number of carbonyl (C=O) groups is 1. The summed E-state index contributed by atoms with van der Waals surface area (Å²) in [7, 11) is 0. The van der Waals surface area contributed by atoms with Crippen molar-refractivity contribution in [3.63, 3.8) is 0 Å². The van der Waals surface area contributed by atoms with Gasteiger partial charge >= 0.3 is 6.18 Å². The summed E-state index contributed by atoms with van der Waals surface area (Å²) in [5.74, 6) is -0.490. The fraction of sp³-hybridized carbons (Fsp3) is 0.588. The smallest absolute Gasteiger partial charge is 0.329 e. The van der Waals surface area contributed by atoms with Crippen LogP contribution in [0.2, 0.25) is 0 Å². The molecule has 1 aliphatic heterocycles. The lowest BCUT2D eigenvalue weighted by Gasteiger charge is -2.40. The maximum atomic E-state index is 13.2. The van der Waals surface area contributed by atoms with E-state index in [1.807, 2.05) is 44.2 Å². The summed E-state index contributed by atoms with van der Waals surface area (Å²) in [4.78, 5) is 13.5. The largest absolute Gasteiger partial charge is 0.408 e. The molecule has 24 heavy (non-hydrogen) atoms. The quantitative estimate of drug-likeness (QED) is 0.889. The molecule has 1 aliphatic rings. The van der Waals surface area contributed by atoms with Crippen LogP contribution in [-0.4, -0.2) is 35.6 Å². The molecule has 136 valence electrons. The Hall–Kier alpha value is -1.27. The van der Waals surface area contributed by atoms with Crippen molar-refractivity contribution in [3.8, 4) is 0 Å². The number of halogens is 4. The number of rotatable bonds is 3. The Bertz CT molecular complexity index is 549. The van der Waals surface area contributed by atoms with Crippen LogP contribution in [0.25, 0.3) is 0 Å². The lowest BCUT2D eigenvalue weighted by molar-refractivity contribution is -0.197. The van der Waals surface area contributed by atoms with Crippen molar-refractivity contribution in [1.29, 1.82) is 0 Å². The second-order valence-electron chi connectivity index (χ2n) is 6.87. The highest BCUT2D eigenvalue weighted by molar-refractivity contribution is 5.85. The van der Waals surface area contributed by atoms with Crippen LogP contribution in [0, 0.1) is 0 Å². The Labute approximate surface area is 146 Å². The predicted octanol–water partition coefficient (Wildman–Crippen LogP) is 3.66. The van der Waals surface area contributed by atoms with Gasteiger partial charge in [-0.1, -0.05) is 44.2 Å². The van der Waals surface area contributed by atoms with E-state index in [9.17, 15) is 18.0 Å². The molecule has 1 aromatic rings. The van der Waals surface area contributed by atoms with Crippen molar-refractivity contribution in [2.75, 3.05) is 6.54 Å². The van der Waals surface area contributed by atoms with E-state index in [1.165, 1.54) is 0 Å². The van der Waals surface area contributed by atoms with Gasteiger partial charge in [0.05, 0.1) is 0 Å². The average molecular weight is 365 g/mol. The molecule has 1 aromatic carbocycles. The molecule has 2 atom stereocenters. The highest BCUT2D eigenvalue weighted by Gasteiger charge is 2.48. The second kappa shape index (κ2) is 7.74. The highest BCUT2D eigenvalue weighted by Crippen LogP contribution is 2.34. The van der Waals surface area contributed by atoms with Gasteiger partial charge < -0.3 is 10.6 Å². The van der Waals surface area contributed by atoms with Crippen molar-refractivity contribution < 1.29 is 18.0 Å². The maximum Gasteiger partial charge on any atom is 0.408 e. The number of piperidine rings is 1. The molecule has 2 rings (SSSR count). The first-order valence-corrected chi connectivity index (χ1v) is 7.78. The number of nitrogens with zero attached hydrogens (tertiary/aromatic N) is 1. The van der Waals surface area contributed by atoms with Crippen LogP contribution >= 0.6 is 12.4 Å². The molecule has 0 aromatic heterocycles. The Morgan fingerprint density at radius 1 is 1.21 bits per heavy atom. The SMILES string of the molecule is CC(C)(CC(=O)N1CC(N)CCC1C(F)(F)F)c1ccccc1.Cl. The van der Waals surface area contributed by atoms with Gasteiger partial charge in [0.25, 0.3) is 0 Å². The number of amides is 1. The van der Waals surface area contributed by atoms with Crippen LogP contribution in [0.1, 0.15) is 38.7 Å². The van der Waals surface area contributed by atoms with E-state index in [4.69, 9.17) is 5.73 Å². The molecule has 0 aliphatic carbocycles. The van der Waals surface area contributed by atoms with E-state index in [1.54, 1.807) is 0 Å². The Balaban J connectivity index is 0.00000288. The third-order valence-corrected chi connectivity index (χ3v) is 4.46. The molecule has 0 spiro atoms. The first-order chi connectivity index (χ1) is 10.6. The van der Waals surface area contributed by atoms with Gasteiger partial charge in [0.2, 0.25) is 5.91 Å². The van der Waals surface area contributed by atoms with Crippen LogP contribution in [-0.2, 0) is 10.2 Å². The molecule has 3 nitrogen and oxygen atoms in total. The van der Waals surface area contributed by atoms with Crippen LogP contribution in [0.5, 0.6) is 0 Å². The summed E-state index contributed by atoms with van der Waals surface area (Å²) in [5, 5.41) is 0. The fourth-order valence-electron chi connectivity index (χ4n) is 3.09. The topological polar surface area (TPSA) is 46.3 Å². The number of hydrogen-bond acceptors (Lipinski definition) is 2. The Kier molecular flexibility index (Phi) is 6.70. The Morgan fingerprint density at radius 3 is 2.33 bits per heavy atom. The molecule has 0 radical (unpaired) electrons. The van der Waals surface area contributed by atoms with Gasteiger partial charge in [-0.2, -0.15) is 13.2 Å². The Morgan fingerprint density at radius 2 is 1.79 bits per heavy atom. The van der Waals surface area contributed by atoms with Gasteiger partial charge in [0, 0.05) is 19.0 Å². The van der Waals surface area contributed by atoms with Crippen molar-refractivity contribution in [1.82, 2.24) is 4.90 Å². The van der Waals surface area contributed by atoms with Crippen molar-refractivity contribution in [3.05, 3.63) is 35.9 Å². The summed E-state index contributed by atoms with van der Waals surface area (Å²) < 4.78 is 39.6. The molecule has 2 unspecified atom stereocenters. The molecular weight excluding hydrogens is 341 g/mol. The second-order valence-corrected chi connectivity index (χ2v) is 6.87. The van der Waals surface area contributed by atoms with Crippen LogP contribution in [0.4, 0.5) is 13.2 Å². The van der Waals surface area contributed by atoms with Gasteiger partial charge in [-0.15, -0.1) is 12.4 Å².